The Morgan fingerprint density at radius 2 is 1.34 bits per heavy atom. The molecule has 0 saturated carbocycles. The van der Waals surface area contributed by atoms with E-state index in [1.54, 1.807) is 42.5 Å². The first kappa shape index (κ1) is 21.0. The summed E-state index contributed by atoms with van der Waals surface area (Å²) in [5.74, 6) is 0.171. The predicted octanol–water partition coefficient (Wildman–Crippen LogP) is 5.91. The van der Waals surface area contributed by atoms with E-state index < -0.39 is 15.1 Å². The minimum Gasteiger partial charge on any atom is -0.294 e. The number of sulfone groups is 1. The highest BCUT2D eigenvalue weighted by Gasteiger charge is 2.31. The van der Waals surface area contributed by atoms with Crippen molar-refractivity contribution in [2.24, 2.45) is 0 Å². The molecule has 0 fully saturated rings. The van der Waals surface area contributed by atoms with Crippen LogP contribution >= 0.6 is 0 Å². The van der Waals surface area contributed by atoms with Crippen molar-refractivity contribution in [3.8, 4) is 0 Å². The Bertz CT molecular complexity index is 1070. The molecule has 4 heteroatoms. The maximum atomic E-state index is 13.4. The van der Waals surface area contributed by atoms with E-state index >= 15 is 0 Å². The molecule has 0 aromatic heterocycles. The number of ketones is 1. The summed E-state index contributed by atoms with van der Waals surface area (Å²) < 4.78 is 26.8. The van der Waals surface area contributed by atoms with Crippen molar-refractivity contribution in [3.05, 3.63) is 101 Å². The van der Waals surface area contributed by atoms with Crippen LogP contribution in [-0.4, -0.2) is 14.2 Å². The second-order valence-electron chi connectivity index (χ2n) is 7.66. The molecular weight excluding hydrogens is 380 g/mol. The molecule has 0 N–H and O–H groups in total. The molecule has 1 atom stereocenters. The van der Waals surface area contributed by atoms with Gasteiger partial charge in [0.15, 0.2) is 15.6 Å². The first-order chi connectivity index (χ1) is 13.8. The average molecular weight is 407 g/mol. The highest BCUT2D eigenvalue weighted by atomic mass is 32.2. The van der Waals surface area contributed by atoms with E-state index in [1.807, 2.05) is 43.3 Å². The number of carbonyl (C=O) groups excluding carboxylic acids is 1. The molecule has 0 spiro atoms. The number of benzene rings is 3. The average Bonchev–Trinajstić information content (AvgIpc) is 2.73. The highest BCUT2D eigenvalue weighted by Crippen LogP contribution is 2.33. The lowest BCUT2D eigenvalue weighted by Crippen LogP contribution is -2.18. The van der Waals surface area contributed by atoms with Gasteiger partial charge in [-0.15, -0.1) is 0 Å². The lowest BCUT2D eigenvalue weighted by atomic mass is 9.98. The molecule has 0 amide bonds. The van der Waals surface area contributed by atoms with Crippen molar-refractivity contribution in [1.82, 2.24) is 0 Å². The van der Waals surface area contributed by atoms with Gasteiger partial charge >= 0.3 is 0 Å². The zero-order valence-corrected chi connectivity index (χ0v) is 17.8. The molecule has 0 saturated heterocycles. The lowest BCUT2D eigenvalue weighted by Gasteiger charge is -2.19. The first-order valence-corrected chi connectivity index (χ1v) is 11.3. The van der Waals surface area contributed by atoms with Gasteiger partial charge in [-0.1, -0.05) is 86.1 Å². The minimum absolute atomic E-state index is 0.0959. The number of Topliss-reactive ketones (excluding diaryl/α,β-unsaturated/α-hetero) is 1. The fraction of sp³-hybridized carbons (Fsp3) is 0.240. The van der Waals surface area contributed by atoms with E-state index in [0.29, 0.717) is 17.0 Å². The van der Waals surface area contributed by atoms with E-state index in [0.717, 1.165) is 11.1 Å². The molecule has 0 aliphatic heterocycles. The maximum absolute atomic E-state index is 13.4. The van der Waals surface area contributed by atoms with Gasteiger partial charge in [0, 0.05) is 12.0 Å². The molecule has 0 radical (unpaired) electrons. The first-order valence-electron chi connectivity index (χ1n) is 9.77. The fourth-order valence-corrected chi connectivity index (χ4v) is 5.05. The van der Waals surface area contributed by atoms with Gasteiger partial charge in [0.05, 0.1) is 10.1 Å². The maximum Gasteiger partial charge on any atom is 0.185 e. The van der Waals surface area contributed by atoms with Crippen molar-refractivity contribution >= 4 is 15.6 Å². The molecule has 0 aliphatic carbocycles. The molecule has 3 nitrogen and oxygen atoms in total. The smallest absolute Gasteiger partial charge is 0.185 e. The standard InChI is InChI=1S/C25H26O3S/c1-18(2)20-13-15-22(16-14-20)25(29(27,28)23-7-5-4-6-8-23)17-24(26)21-11-9-19(3)10-12-21/h4-16,18,25H,17H2,1-3H3. The van der Waals surface area contributed by atoms with Crippen LogP contribution in [0, 0.1) is 6.92 Å². The zero-order valence-electron chi connectivity index (χ0n) is 17.0. The predicted molar refractivity (Wildman–Crippen MR) is 117 cm³/mol. The van der Waals surface area contributed by atoms with Gasteiger partial charge in [0.2, 0.25) is 0 Å². The number of hydrogen-bond acceptors (Lipinski definition) is 3. The monoisotopic (exact) mass is 406 g/mol. The normalized spacial score (nSPS) is 12.7. The third-order valence-electron chi connectivity index (χ3n) is 5.17. The van der Waals surface area contributed by atoms with Crippen LogP contribution in [0.2, 0.25) is 0 Å². The lowest BCUT2D eigenvalue weighted by molar-refractivity contribution is 0.0980. The van der Waals surface area contributed by atoms with Crippen LogP contribution in [0.4, 0.5) is 0 Å². The van der Waals surface area contributed by atoms with E-state index in [1.165, 1.54) is 0 Å². The quantitative estimate of drug-likeness (QED) is 0.459. The summed E-state index contributed by atoms with van der Waals surface area (Å²) in [5.41, 5.74) is 3.36. The molecular formula is C25H26O3S. The summed E-state index contributed by atoms with van der Waals surface area (Å²) in [6.07, 6.45) is -0.0959. The van der Waals surface area contributed by atoms with Crippen LogP contribution in [0.15, 0.2) is 83.8 Å². The summed E-state index contributed by atoms with van der Waals surface area (Å²) in [6, 6.07) is 23.2. The summed E-state index contributed by atoms with van der Waals surface area (Å²) in [7, 11) is -3.72. The summed E-state index contributed by atoms with van der Waals surface area (Å²) >= 11 is 0. The van der Waals surface area contributed by atoms with E-state index in [2.05, 4.69) is 13.8 Å². The number of rotatable bonds is 7. The molecule has 1 unspecified atom stereocenters. The van der Waals surface area contributed by atoms with E-state index in [4.69, 9.17) is 0 Å². The second kappa shape index (κ2) is 8.75. The van der Waals surface area contributed by atoms with Gasteiger partial charge in [0.25, 0.3) is 0 Å². The van der Waals surface area contributed by atoms with Gasteiger partial charge in [-0.05, 0) is 36.1 Å². The van der Waals surface area contributed by atoms with Crippen LogP contribution in [-0.2, 0) is 9.84 Å². The molecule has 0 bridgehead atoms. The third-order valence-corrected chi connectivity index (χ3v) is 7.28. The van der Waals surface area contributed by atoms with E-state index in [9.17, 15) is 13.2 Å². The Labute approximate surface area is 173 Å². The van der Waals surface area contributed by atoms with Crippen LogP contribution in [0.3, 0.4) is 0 Å². The number of carbonyl (C=O) groups is 1. The Kier molecular flexibility index (Phi) is 6.33. The number of aryl methyl sites for hydroxylation is 1. The molecule has 3 aromatic carbocycles. The molecule has 0 heterocycles. The van der Waals surface area contributed by atoms with Crippen LogP contribution in [0.25, 0.3) is 0 Å². The Balaban J connectivity index is 2.01. The van der Waals surface area contributed by atoms with Crippen molar-refractivity contribution in [1.29, 1.82) is 0 Å². The fourth-order valence-electron chi connectivity index (χ4n) is 3.30. The Morgan fingerprint density at radius 1 is 0.793 bits per heavy atom. The Morgan fingerprint density at radius 3 is 1.90 bits per heavy atom. The zero-order chi connectivity index (χ0) is 21.0. The summed E-state index contributed by atoms with van der Waals surface area (Å²) in [6.45, 7) is 6.13. The third kappa shape index (κ3) is 4.83. The number of hydrogen-bond donors (Lipinski definition) is 0. The molecule has 29 heavy (non-hydrogen) atoms. The molecule has 0 aliphatic rings. The van der Waals surface area contributed by atoms with Gasteiger partial charge in [-0.3, -0.25) is 4.79 Å². The van der Waals surface area contributed by atoms with E-state index in [-0.39, 0.29) is 17.1 Å². The van der Waals surface area contributed by atoms with Crippen LogP contribution < -0.4 is 0 Å². The van der Waals surface area contributed by atoms with Crippen molar-refractivity contribution in [2.75, 3.05) is 0 Å². The van der Waals surface area contributed by atoms with Gasteiger partial charge < -0.3 is 0 Å². The Hall–Kier alpha value is -2.72. The van der Waals surface area contributed by atoms with Crippen LogP contribution in [0.5, 0.6) is 0 Å². The van der Waals surface area contributed by atoms with Gasteiger partial charge in [-0.25, -0.2) is 8.42 Å². The second-order valence-corrected chi connectivity index (χ2v) is 9.79. The van der Waals surface area contributed by atoms with Gasteiger partial charge in [0.1, 0.15) is 0 Å². The molecule has 3 rings (SSSR count). The van der Waals surface area contributed by atoms with Crippen molar-refractivity contribution in [2.45, 2.75) is 43.3 Å². The SMILES string of the molecule is Cc1ccc(C(=O)CC(c2ccc(C(C)C)cc2)S(=O)(=O)c2ccccc2)cc1. The van der Waals surface area contributed by atoms with Crippen molar-refractivity contribution in [3.63, 3.8) is 0 Å². The highest BCUT2D eigenvalue weighted by molar-refractivity contribution is 7.91. The summed E-state index contributed by atoms with van der Waals surface area (Å²) in [5, 5.41) is -0.931. The van der Waals surface area contributed by atoms with Crippen molar-refractivity contribution < 1.29 is 13.2 Å². The minimum atomic E-state index is -3.72. The molecule has 3 aromatic rings. The summed E-state index contributed by atoms with van der Waals surface area (Å²) in [4.78, 5) is 13.2. The molecule has 150 valence electrons. The largest absolute Gasteiger partial charge is 0.294 e. The van der Waals surface area contributed by atoms with Gasteiger partial charge in [-0.2, -0.15) is 0 Å². The van der Waals surface area contributed by atoms with Crippen LogP contribution in [0.1, 0.15) is 58.5 Å². The topological polar surface area (TPSA) is 51.2 Å².